The van der Waals surface area contributed by atoms with Gasteiger partial charge >= 0.3 is 6.09 Å². The number of halogens is 2. The van der Waals surface area contributed by atoms with Gasteiger partial charge in [0, 0.05) is 29.5 Å². The number of aromatic nitrogens is 3. The van der Waals surface area contributed by atoms with E-state index in [0.29, 0.717) is 10.0 Å². The molecular formula is C30H29Cl2N3O2. The molecule has 0 aliphatic rings. The van der Waals surface area contributed by atoms with Crippen molar-refractivity contribution in [2.75, 3.05) is 0 Å². The van der Waals surface area contributed by atoms with Gasteiger partial charge in [-0.05, 0) is 75.2 Å². The smallest absolute Gasteiger partial charge is 0.418 e. The minimum Gasteiger partial charge on any atom is -0.446 e. The van der Waals surface area contributed by atoms with E-state index in [9.17, 15) is 4.79 Å². The molecule has 2 aromatic heterocycles. The molecule has 2 aromatic carbocycles. The third-order valence-electron chi connectivity index (χ3n) is 5.84. The molecule has 0 radical (unpaired) electrons. The van der Waals surface area contributed by atoms with Crippen LogP contribution in [0.4, 0.5) is 4.79 Å². The molecule has 0 unspecified atom stereocenters. The Hall–Kier alpha value is -3.54. The van der Waals surface area contributed by atoms with Gasteiger partial charge in [0.15, 0.2) is 0 Å². The highest BCUT2D eigenvalue weighted by Gasteiger charge is 2.14. The number of allylic oxidation sites excluding steroid dienone is 2. The zero-order chi connectivity index (χ0) is 26.5. The van der Waals surface area contributed by atoms with Gasteiger partial charge in [0.05, 0.1) is 22.5 Å². The first kappa shape index (κ1) is 26.5. The normalized spacial score (nSPS) is 12.0. The second kappa shape index (κ2) is 11.7. The average Bonchev–Trinajstić information content (AvgIpc) is 3.50. The molecule has 0 bridgehead atoms. The fourth-order valence-electron chi connectivity index (χ4n) is 3.85. The molecule has 190 valence electrons. The first-order valence-corrected chi connectivity index (χ1v) is 12.8. The van der Waals surface area contributed by atoms with Crippen LogP contribution in [0.3, 0.4) is 0 Å². The molecule has 0 fully saturated rings. The molecule has 0 aliphatic heterocycles. The van der Waals surface area contributed by atoms with Crippen molar-refractivity contribution in [1.82, 2.24) is 14.1 Å². The first-order chi connectivity index (χ1) is 17.7. The molecule has 0 saturated carbocycles. The number of carbonyl (C=O) groups excluding carboxylic acids is 1. The summed E-state index contributed by atoms with van der Waals surface area (Å²) < 4.78 is 8.97. The molecule has 0 saturated heterocycles. The lowest BCUT2D eigenvalue weighted by molar-refractivity contribution is 0.117. The monoisotopic (exact) mass is 533 g/mol. The number of hydrogen-bond donors (Lipinski definition) is 0. The van der Waals surface area contributed by atoms with Crippen molar-refractivity contribution in [3.05, 3.63) is 100 Å². The Kier molecular flexibility index (Phi) is 8.37. The third-order valence-corrected chi connectivity index (χ3v) is 6.39. The molecule has 0 spiro atoms. The molecule has 0 N–H and O–H groups in total. The van der Waals surface area contributed by atoms with Gasteiger partial charge < -0.3 is 9.30 Å². The van der Waals surface area contributed by atoms with Gasteiger partial charge in [-0.25, -0.2) is 9.78 Å². The van der Waals surface area contributed by atoms with Gasteiger partial charge in [0.2, 0.25) is 0 Å². The highest BCUT2D eigenvalue weighted by molar-refractivity contribution is 6.36. The van der Waals surface area contributed by atoms with Crippen molar-refractivity contribution in [3.63, 3.8) is 0 Å². The number of rotatable bonds is 7. The zero-order valence-corrected chi connectivity index (χ0v) is 22.8. The van der Waals surface area contributed by atoms with Crippen molar-refractivity contribution in [2.45, 2.75) is 40.3 Å². The van der Waals surface area contributed by atoms with Gasteiger partial charge in [-0.3, -0.25) is 4.57 Å². The van der Waals surface area contributed by atoms with E-state index in [-0.39, 0.29) is 12.2 Å². The van der Waals surface area contributed by atoms with Crippen LogP contribution in [0.2, 0.25) is 10.0 Å². The summed E-state index contributed by atoms with van der Waals surface area (Å²) in [5, 5.41) is 1.15. The van der Waals surface area contributed by atoms with Gasteiger partial charge in [-0.2, -0.15) is 0 Å². The van der Waals surface area contributed by atoms with Crippen LogP contribution < -0.4 is 0 Å². The van der Waals surface area contributed by atoms with E-state index in [1.54, 1.807) is 12.3 Å². The predicted octanol–water partition coefficient (Wildman–Crippen LogP) is 8.86. The molecule has 0 atom stereocenters. The quantitative estimate of drug-likeness (QED) is 0.223. The van der Waals surface area contributed by atoms with E-state index in [2.05, 4.69) is 17.6 Å². The summed E-state index contributed by atoms with van der Waals surface area (Å²) in [5.74, 6) is 0.816. The fraction of sp³-hybridized carbons (Fsp3) is 0.200. The van der Waals surface area contributed by atoms with Crippen molar-refractivity contribution in [2.24, 2.45) is 0 Å². The number of hydrogen-bond acceptors (Lipinski definition) is 3. The van der Waals surface area contributed by atoms with Crippen molar-refractivity contribution in [3.8, 4) is 22.5 Å². The minimum absolute atomic E-state index is 0.185. The van der Waals surface area contributed by atoms with Crippen LogP contribution in [0.5, 0.6) is 0 Å². The van der Waals surface area contributed by atoms with Crippen LogP contribution in [0.1, 0.15) is 39.1 Å². The molecule has 0 amide bonds. The maximum Gasteiger partial charge on any atom is 0.418 e. The number of benzene rings is 2. The topological polar surface area (TPSA) is 49.0 Å². The maximum absolute atomic E-state index is 12.4. The molecule has 4 aromatic rings. The Morgan fingerprint density at radius 3 is 2.51 bits per heavy atom. The van der Waals surface area contributed by atoms with Crippen LogP contribution in [0, 0.1) is 0 Å². The average molecular weight is 534 g/mol. The number of carbonyl (C=O) groups is 1. The summed E-state index contributed by atoms with van der Waals surface area (Å²) in [7, 11) is 0. The van der Waals surface area contributed by atoms with Crippen molar-refractivity contribution < 1.29 is 9.53 Å². The molecule has 5 nitrogen and oxygen atoms in total. The number of ether oxygens (including phenoxy) is 1. The lowest BCUT2D eigenvalue weighted by Gasteiger charge is -2.11. The number of nitrogens with zero attached hydrogens (tertiary/aromatic N) is 3. The Balaban J connectivity index is 1.60. The fourth-order valence-corrected chi connectivity index (χ4v) is 4.35. The SMILES string of the molecule is C/C=C(\C)Cn1cc(-c2ccc(Cl)cc2Cl)nc1/C=C/c1ccc(-c2cccn2C(=O)OC(C)C)cc1. The largest absolute Gasteiger partial charge is 0.446 e. The summed E-state index contributed by atoms with van der Waals surface area (Å²) in [6, 6.07) is 17.2. The van der Waals surface area contributed by atoms with E-state index in [4.69, 9.17) is 32.9 Å². The first-order valence-electron chi connectivity index (χ1n) is 12.1. The van der Waals surface area contributed by atoms with Gasteiger partial charge in [-0.1, -0.05) is 65.2 Å². The zero-order valence-electron chi connectivity index (χ0n) is 21.3. The molecule has 4 rings (SSSR count). The van der Waals surface area contributed by atoms with Crippen LogP contribution in [0.25, 0.3) is 34.7 Å². The maximum atomic E-state index is 12.4. The van der Waals surface area contributed by atoms with Gasteiger partial charge in [0.1, 0.15) is 5.82 Å². The highest BCUT2D eigenvalue weighted by atomic mass is 35.5. The molecule has 0 aliphatic carbocycles. The Morgan fingerprint density at radius 2 is 1.84 bits per heavy atom. The van der Waals surface area contributed by atoms with Crippen molar-refractivity contribution in [1.29, 1.82) is 0 Å². The molecule has 37 heavy (non-hydrogen) atoms. The van der Waals surface area contributed by atoms with E-state index >= 15 is 0 Å². The van der Waals surface area contributed by atoms with E-state index in [1.165, 1.54) is 10.1 Å². The van der Waals surface area contributed by atoms with Gasteiger partial charge in [-0.15, -0.1) is 0 Å². The van der Waals surface area contributed by atoms with E-state index < -0.39 is 0 Å². The second-order valence-electron chi connectivity index (χ2n) is 9.02. The molecule has 7 heteroatoms. The Morgan fingerprint density at radius 1 is 1.08 bits per heavy atom. The van der Waals surface area contributed by atoms with E-state index in [0.717, 1.165) is 40.4 Å². The lowest BCUT2D eigenvalue weighted by atomic mass is 10.1. The minimum atomic E-state index is -0.390. The lowest BCUT2D eigenvalue weighted by Crippen LogP contribution is -2.17. The number of imidazole rings is 1. The van der Waals surface area contributed by atoms with Crippen molar-refractivity contribution >= 4 is 41.4 Å². The summed E-state index contributed by atoms with van der Waals surface area (Å²) >= 11 is 12.5. The molecular weight excluding hydrogens is 505 g/mol. The third kappa shape index (κ3) is 6.43. The Labute approximate surface area is 227 Å². The highest BCUT2D eigenvalue weighted by Crippen LogP contribution is 2.30. The summed E-state index contributed by atoms with van der Waals surface area (Å²) in [4.78, 5) is 17.3. The van der Waals surface area contributed by atoms with Crippen LogP contribution in [0.15, 0.2) is 78.6 Å². The van der Waals surface area contributed by atoms with Crippen LogP contribution in [-0.4, -0.2) is 26.3 Å². The summed E-state index contributed by atoms with van der Waals surface area (Å²) in [6.07, 6.45) is 9.25. The van der Waals surface area contributed by atoms with E-state index in [1.807, 2.05) is 87.7 Å². The summed E-state index contributed by atoms with van der Waals surface area (Å²) in [6.45, 7) is 8.50. The predicted molar refractivity (Wildman–Crippen MR) is 153 cm³/mol. The second-order valence-corrected chi connectivity index (χ2v) is 9.87. The summed E-state index contributed by atoms with van der Waals surface area (Å²) in [5.41, 5.74) is 5.56. The van der Waals surface area contributed by atoms with Crippen LogP contribution >= 0.6 is 23.2 Å². The molecule has 2 heterocycles. The van der Waals surface area contributed by atoms with Crippen LogP contribution in [-0.2, 0) is 11.3 Å². The Bertz CT molecular complexity index is 1460. The standard InChI is InChI=1S/C30H29Cl2N3O2/c1-5-21(4)18-34-19-27(25-14-13-24(31)17-26(25)32)33-29(34)15-10-22-8-11-23(12-9-22)28-7-6-16-35(28)30(36)37-20(2)3/h5-17,19-20H,18H2,1-4H3/b15-10+,21-5+. The van der Waals surface area contributed by atoms with Gasteiger partial charge in [0.25, 0.3) is 0 Å².